The molecular formula is C23H30FN5S. The third kappa shape index (κ3) is 4.90. The number of nitrogens with one attached hydrogen (secondary N) is 2. The van der Waals surface area contributed by atoms with Gasteiger partial charge >= 0.3 is 0 Å². The van der Waals surface area contributed by atoms with Crippen molar-refractivity contribution in [2.45, 2.75) is 31.1 Å². The molecule has 2 fully saturated rings. The summed E-state index contributed by atoms with van der Waals surface area (Å²) in [6, 6.07) is 11.0. The Balaban J connectivity index is 1.33. The molecule has 1 saturated carbocycles. The third-order valence-corrected chi connectivity index (χ3v) is 6.68. The predicted molar refractivity (Wildman–Crippen MR) is 125 cm³/mol. The maximum absolute atomic E-state index is 13.4. The molecule has 0 bridgehead atoms. The van der Waals surface area contributed by atoms with E-state index in [2.05, 4.69) is 32.5 Å². The van der Waals surface area contributed by atoms with Gasteiger partial charge < -0.3 is 20.4 Å². The Hall–Kier alpha value is -2.25. The second-order valence-electron chi connectivity index (χ2n) is 8.50. The van der Waals surface area contributed by atoms with Crippen molar-refractivity contribution in [1.82, 2.24) is 15.2 Å². The number of likely N-dealkylation sites (N-methyl/N-ethyl adjacent to an activating group) is 1. The fourth-order valence-electron chi connectivity index (χ4n) is 4.53. The van der Waals surface area contributed by atoms with Gasteiger partial charge in [0, 0.05) is 38.1 Å². The highest BCUT2D eigenvalue weighted by molar-refractivity contribution is 7.80. The minimum Gasteiger partial charge on any atom is -0.362 e. The van der Waals surface area contributed by atoms with Crippen LogP contribution in [0.4, 0.5) is 15.9 Å². The summed E-state index contributed by atoms with van der Waals surface area (Å²) >= 11 is 5.54. The topological polar surface area (TPSA) is 43.4 Å². The monoisotopic (exact) mass is 427 g/mol. The fraction of sp³-hybridized carbons (Fsp3) is 0.478. The molecule has 0 amide bonds. The van der Waals surface area contributed by atoms with Crippen molar-refractivity contribution in [2.75, 3.05) is 50.0 Å². The molecule has 1 aromatic heterocycles. The van der Waals surface area contributed by atoms with Crippen molar-refractivity contribution < 1.29 is 4.39 Å². The molecular weight excluding hydrogens is 397 g/mol. The minimum atomic E-state index is -0.190. The van der Waals surface area contributed by atoms with Crippen LogP contribution in [0.2, 0.25) is 0 Å². The van der Waals surface area contributed by atoms with E-state index < -0.39 is 0 Å². The quantitative estimate of drug-likeness (QED) is 0.708. The lowest BCUT2D eigenvalue weighted by molar-refractivity contribution is 0.312. The van der Waals surface area contributed by atoms with E-state index in [1.54, 1.807) is 12.1 Å². The minimum absolute atomic E-state index is 0.0168. The number of pyridine rings is 1. The van der Waals surface area contributed by atoms with Crippen LogP contribution in [0, 0.1) is 5.82 Å². The van der Waals surface area contributed by atoms with Gasteiger partial charge in [0.25, 0.3) is 0 Å². The molecule has 2 heterocycles. The number of hydrogen-bond donors (Lipinski definition) is 2. The number of hydrogen-bond acceptors (Lipinski definition) is 4. The second-order valence-corrected chi connectivity index (χ2v) is 8.91. The van der Waals surface area contributed by atoms with Crippen LogP contribution in [0.15, 0.2) is 42.6 Å². The van der Waals surface area contributed by atoms with Gasteiger partial charge in [-0.05, 0) is 61.9 Å². The van der Waals surface area contributed by atoms with Crippen molar-refractivity contribution >= 4 is 28.8 Å². The molecule has 1 aliphatic heterocycles. The summed E-state index contributed by atoms with van der Waals surface area (Å²) in [5.41, 5.74) is 2.09. The Morgan fingerprint density at radius 3 is 2.40 bits per heavy atom. The number of piperazine rings is 1. The lowest BCUT2D eigenvalue weighted by Gasteiger charge is -2.33. The van der Waals surface area contributed by atoms with Gasteiger partial charge in [0.1, 0.15) is 11.6 Å². The van der Waals surface area contributed by atoms with Crippen molar-refractivity contribution in [3.8, 4) is 0 Å². The van der Waals surface area contributed by atoms with E-state index in [1.165, 1.54) is 18.4 Å². The van der Waals surface area contributed by atoms with Gasteiger partial charge in [0.15, 0.2) is 5.11 Å². The summed E-state index contributed by atoms with van der Waals surface area (Å²) in [6.45, 7) is 4.87. The molecule has 2 aliphatic rings. The molecule has 1 aromatic carbocycles. The molecule has 7 heteroatoms. The van der Waals surface area contributed by atoms with Crippen molar-refractivity contribution in [3.63, 3.8) is 0 Å². The summed E-state index contributed by atoms with van der Waals surface area (Å²) < 4.78 is 13.4. The number of nitrogens with zero attached hydrogens (tertiary/aromatic N) is 3. The average molecular weight is 428 g/mol. The van der Waals surface area contributed by atoms with Crippen LogP contribution >= 0.6 is 12.2 Å². The molecule has 30 heavy (non-hydrogen) atoms. The van der Waals surface area contributed by atoms with E-state index in [4.69, 9.17) is 12.2 Å². The molecule has 2 N–H and O–H groups in total. The molecule has 0 atom stereocenters. The summed E-state index contributed by atoms with van der Waals surface area (Å²) in [5, 5.41) is 7.24. The van der Waals surface area contributed by atoms with E-state index in [0.29, 0.717) is 5.11 Å². The maximum atomic E-state index is 13.4. The molecule has 0 radical (unpaired) electrons. The number of rotatable bonds is 5. The molecule has 160 valence electrons. The van der Waals surface area contributed by atoms with E-state index >= 15 is 0 Å². The predicted octanol–water partition coefficient (Wildman–Crippen LogP) is 3.77. The molecule has 0 spiro atoms. The van der Waals surface area contributed by atoms with E-state index in [0.717, 1.165) is 57.1 Å². The molecule has 4 rings (SSSR count). The normalized spacial score (nSPS) is 18.9. The first-order valence-electron chi connectivity index (χ1n) is 10.7. The number of thiocarbonyl (C=S) groups is 1. The zero-order valence-electron chi connectivity index (χ0n) is 17.5. The zero-order chi connectivity index (χ0) is 21.0. The average Bonchev–Trinajstić information content (AvgIpc) is 3.24. The Kier molecular flexibility index (Phi) is 6.49. The van der Waals surface area contributed by atoms with Crippen LogP contribution in [0.25, 0.3) is 0 Å². The Morgan fingerprint density at radius 2 is 1.77 bits per heavy atom. The van der Waals surface area contributed by atoms with Crippen molar-refractivity contribution in [2.24, 2.45) is 0 Å². The first-order chi connectivity index (χ1) is 14.5. The number of benzene rings is 1. The third-order valence-electron chi connectivity index (χ3n) is 6.44. The highest BCUT2D eigenvalue weighted by Gasteiger charge is 2.35. The zero-order valence-corrected chi connectivity index (χ0v) is 18.3. The first-order valence-corrected chi connectivity index (χ1v) is 11.2. The molecule has 1 saturated heterocycles. The van der Waals surface area contributed by atoms with Crippen LogP contribution in [0.5, 0.6) is 0 Å². The second kappa shape index (κ2) is 9.27. The van der Waals surface area contributed by atoms with Crippen LogP contribution in [-0.2, 0) is 5.41 Å². The van der Waals surface area contributed by atoms with E-state index in [9.17, 15) is 4.39 Å². The SMILES string of the molecule is CN1CCN(c2ccc(NC(=S)NCC3(c4ccc(F)cc4)CCCC3)cn2)CC1. The lowest BCUT2D eigenvalue weighted by Crippen LogP contribution is -2.44. The van der Waals surface area contributed by atoms with Crippen LogP contribution in [0.1, 0.15) is 31.2 Å². The number of anilines is 2. The van der Waals surface area contributed by atoms with Gasteiger partial charge in [-0.25, -0.2) is 9.37 Å². The van der Waals surface area contributed by atoms with E-state index in [-0.39, 0.29) is 11.2 Å². The Morgan fingerprint density at radius 1 is 1.07 bits per heavy atom. The number of aromatic nitrogens is 1. The van der Waals surface area contributed by atoms with Crippen molar-refractivity contribution in [1.29, 1.82) is 0 Å². The Labute approximate surface area is 183 Å². The lowest BCUT2D eigenvalue weighted by atomic mass is 9.79. The highest BCUT2D eigenvalue weighted by Crippen LogP contribution is 2.40. The molecule has 2 aromatic rings. The molecule has 5 nitrogen and oxygen atoms in total. The van der Waals surface area contributed by atoms with Crippen LogP contribution in [0.3, 0.4) is 0 Å². The molecule has 0 unspecified atom stereocenters. The standard InChI is InChI=1S/C23H30FN5S/c1-28-12-14-29(15-13-28)21-9-8-20(16-25-21)27-22(30)26-17-23(10-2-3-11-23)18-4-6-19(24)7-5-18/h4-9,16H,2-3,10-15,17H2,1H3,(H2,26,27,30). The van der Waals surface area contributed by atoms with Crippen molar-refractivity contribution in [3.05, 3.63) is 54.0 Å². The summed E-state index contributed by atoms with van der Waals surface area (Å²) in [5.74, 6) is 0.818. The Bertz CT molecular complexity index is 841. The fourth-order valence-corrected chi connectivity index (χ4v) is 4.72. The molecule has 1 aliphatic carbocycles. The van der Waals surface area contributed by atoms with Gasteiger partial charge in [0.05, 0.1) is 11.9 Å². The summed E-state index contributed by atoms with van der Waals surface area (Å²) in [7, 11) is 2.15. The van der Waals surface area contributed by atoms with Gasteiger partial charge in [-0.2, -0.15) is 0 Å². The van der Waals surface area contributed by atoms with Gasteiger partial charge in [-0.15, -0.1) is 0 Å². The summed E-state index contributed by atoms with van der Waals surface area (Å²) in [4.78, 5) is 9.25. The largest absolute Gasteiger partial charge is 0.362 e. The van der Waals surface area contributed by atoms with Gasteiger partial charge in [-0.1, -0.05) is 25.0 Å². The maximum Gasteiger partial charge on any atom is 0.170 e. The highest BCUT2D eigenvalue weighted by atomic mass is 32.1. The smallest absolute Gasteiger partial charge is 0.170 e. The van der Waals surface area contributed by atoms with Gasteiger partial charge in [0.2, 0.25) is 0 Å². The van der Waals surface area contributed by atoms with Crippen LogP contribution in [-0.4, -0.2) is 54.8 Å². The summed E-state index contributed by atoms with van der Waals surface area (Å²) in [6.07, 6.45) is 6.41. The van der Waals surface area contributed by atoms with Gasteiger partial charge in [-0.3, -0.25) is 0 Å². The first kappa shape index (κ1) is 21.0. The number of halogens is 1. The van der Waals surface area contributed by atoms with E-state index in [1.807, 2.05) is 30.5 Å². The van der Waals surface area contributed by atoms with Crippen LogP contribution < -0.4 is 15.5 Å².